The maximum Gasteiger partial charge on any atom is 0.145 e. The lowest BCUT2D eigenvalue weighted by Crippen LogP contribution is -1.97. The summed E-state index contributed by atoms with van der Waals surface area (Å²) in [7, 11) is 0. The van der Waals surface area contributed by atoms with E-state index in [1.807, 2.05) is 12.1 Å². The first-order valence-electron chi connectivity index (χ1n) is 18.3. The topological polar surface area (TPSA) is 35.6 Å². The number of pyridine rings is 1. The first-order chi connectivity index (χ1) is 26.8. The lowest BCUT2D eigenvalue weighted by atomic mass is 9.96. The smallest absolute Gasteiger partial charge is 0.145 e. The minimum atomic E-state index is 0.930. The second kappa shape index (κ2) is 12.1. The molecule has 0 atom stereocenters. The Kier molecular flexibility index (Phi) is 6.82. The summed E-state index contributed by atoms with van der Waals surface area (Å²) in [5.41, 5.74) is 13.2. The average Bonchev–Trinajstić information content (AvgIpc) is 3.79. The van der Waals surface area contributed by atoms with E-state index in [2.05, 4.69) is 191 Å². The van der Waals surface area contributed by atoms with Gasteiger partial charge in [-0.15, -0.1) is 0 Å². The van der Waals surface area contributed by atoms with Crippen molar-refractivity contribution in [1.82, 2.24) is 19.1 Å². The van der Waals surface area contributed by atoms with E-state index < -0.39 is 0 Å². The van der Waals surface area contributed by atoms with Crippen LogP contribution in [0.2, 0.25) is 0 Å². The molecule has 11 aromatic rings. The van der Waals surface area contributed by atoms with Crippen LogP contribution in [0.1, 0.15) is 0 Å². The minimum Gasteiger partial charge on any atom is -0.309 e. The molecule has 3 heterocycles. The van der Waals surface area contributed by atoms with Crippen LogP contribution in [-0.2, 0) is 0 Å². The molecule has 0 radical (unpaired) electrons. The second-order valence-corrected chi connectivity index (χ2v) is 13.8. The van der Waals surface area contributed by atoms with Crippen molar-refractivity contribution in [3.05, 3.63) is 194 Å². The van der Waals surface area contributed by atoms with Crippen molar-refractivity contribution in [3.63, 3.8) is 0 Å². The molecular weight excluding hydrogens is 657 g/mol. The van der Waals surface area contributed by atoms with Gasteiger partial charge in [-0.1, -0.05) is 133 Å². The van der Waals surface area contributed by atoms with Crippen LogP contribution in [0.5, 0.6) is 0 Å². The largest absolute Gasteiger partial charge is 0.309 e. The van der Waals surface area contributed by atoms with Crippen LogP contribution >= 0.6 is 0 Å². The number of imidazole rings is 1. The summed E-state index contributed by atoms with van der Waals surface area (Å²) < 4.78 is 4.63. The van der Waals surface area contributed by atoms with Gasteiger partial charge >= 0.3 is 0 Å². The van der Waals surface area contributed by atoms with E-state index >= 15 is 0 Å². The predicted octanol–water partition coefficient (Wildman–Crippen LogP) is 12.8. The zero-order chi connectivity index (χ0) is 35.6. The summed E-state index contributed by atoms with van der Waals surface area (Å²) in [6.07, 6.45) is 0. The van der Waals surface area contributed by atoms with Crippen molar-refractivity contribution in [1.29, 1.82) is 0 Å². The van der Waals surface area contributed by atoms with Gasteiger partial charge in [-0.2, -0.15) is 0 Å². The van der Waals surface area contributed by atoms with E-state index in [1.54, 1.807) is 0 Å². The molecule has 0 N–H and O–H groups in total. The van der Waals surface area contributed by atoms with Crippen molar-refractivity contribution in [2.24, 2.45) is 0 Å². The van der Waals surface area contributed by atoms with E-state index in [4.69, 9.17) is 9.97 Å². The molecule has 0 aliphatic heterocycles. The number of benzene rings is 8. The Hall–Kier alpha value is -7.30. The molecule has 0 saturated heterocycles. The van der Waals surface area contributed by atoms with E-state index in [9.17, 15) is 0 Å². The number of hydrogen-bond acceptors (Lipinski definition) is 2. The molecule has 0 bridgehead atoms. The van der Waals surface area contributed by atoms with Gasteiger partial charge in [-0.3, -0.25) is 4.57 Å². The van der Waals surface area contributed by atoms with Crippen molar-refractivity contribution < 1.29 is 0 Å². The van der Waals surface area contributed by atoms with E-state index in [0.29, 0.717) is 0 Å². The first kappa shape index (κ1) is 30.3. The number of rotatable bonds is 5. The zero-order valence-electron chi connectivity index (χ0n) is 29.3. The summed E-state index contributed by atoms with van der Waals surface area (Å²) in [5.74, 6) is 0.930. The maximum absolute atomic E-state index is 5.31. The minimum absolute atomic E-state index is 0.930. The average molecular weight is 689 g/mol. The molecule has 8 aromatic carbocycles. The summed E-state index contributed by atoms with van der Waals surface area (Å²) in [4.78, 5) is 10.4. The summed E-state index contributed by atoms with van der Waals surface area (Å²) >= 11 is 0. The molecule has 4 heteroatoms. The van der Waals surface area contributed by atoms with Crippen molar-refractivity contribution in [2.75, 3.05) is 0 Å². The van der Waals surface area contributed by atoms with Crippen LogP contribution < -0.4 is 0 Å². The van der Waals surface area contributed by atoms with Gasteiger partial charge < -0.3 is 4.57 Å². The maximum atomic E-state index is 5.31. The monoisotopic (exact) mass is 688 g/mol. The van der Waals surface area contributed by atoms with Crippen molar-refractivity contribution in [2.45, 2.75) is 0 Å². The van der Waals surface area contributed by atoms with Crippen LogP contribution in [0.25, 0.3) is 99.7 Å². The highest BCUT2D eigenvalue weighted by Crippen LogP contribution is 2.40. The fraction of sp³-hybridized carbons (Fsp3) is 0. The molecule has 11 rings (SSSR count). The van der Waals surface area contributed by atoms with Crippen LogP contribution in [0.15, 0.2) is 194 Å². The molecule has 0 amide bonds. The summed E-state index contributed by atoms with van der Waals surface area (Å²) in [5, 5.41) is 5.95. The molecule has 0 aliphatic rings. The lowest BCUT2D eigenvalue weighted by molar-refractivity contribution is 1.10. The van der Waals surface area contributed by atoms with Crippen molar-refractivity contribution >= 4 is 54.5 Å². The van der Waals surface area contributed by atoms with Crippen LogP contribution in [0.3, 0.4) is 0 Å². The quantitative estimate of drug-likeness (QED) is 0.169. The van der Waals surface area contributed by atoms with Crippen molar-refractivity contribution in [3.8, 4) is 45.1 Å². The Labute approximate surface area is 311 Å². The molecule has 0 saturated carbocycles. The molecule has 0 aliphatic carbocycles. The fourth-order valence-corrected chi connectivity index (χ4v) is 8.18. The molecule has 0 spiro atoms. The van der Waals surface area contributed by atoms with E-state index in [0.717, 1.165) is 72.5 Å². The first-order valence-corrected chi connectivity index (χ1v) is 18.3. The highest BCUT2D eigenvalue weighted by atomic mass is 15.1. The number of hydrogen-bond donors (Lipinski definition) is 0. The number of aromatic nitrogens is 4. The Morgan fingerprint density at radius 2 is 0.833 bits per heavy atom. The molecule has 3 aromatic heterocycles. The van der Waals surface area contributed by atoms with E-state index in [-0.39, 0.29) is 0 Å². The molecule has 0 fully saturated rings. The zero-order valence-corrected chi connectivity index (χ0v) is 29.3. The van der Waals surface area contributed by atoms with Gasteiger partial charge in [0, 0.05) is 44.0 Å². The number of fused-ring (bicyclic) bond motifs is 7. The SMILES string of the molecule is c1ccc(-n2c(-c3ccc(-c4ccc(-c5nc6ccccc6c6cc7c(cc56)c5ccccc5n7-c5ccccc5)cc4)cc3)nc3ccccc32)cc1. The highest BCUT2D eigenvalue weighted by Gasteiger charge is 2.18. The van der Waals surface area contributed by atoms with Gasteiger partial charge in [-0.05, 0) is 77.2 Å². The summed E-state index contributed by atoms with van der Waals surface area (Å²) in [6, 6.07) is 69.0. The Morgan fingerprint density at radius 3 is 1.54 bits per heavy atom. The number of nitrogens with zero attached hydrogens (tertiary/aromatic N) is 4. The van der Waals surface area contributed by atoms with Crippen LogP contribution in [0, 0.1) is 0 Å². The van der Waals surface area contributed by atoms with Gasteiger partial charge in [-0.25, -0.2) is 9.97 Å². The highest BCUT2D eigenvalue weighted by molar-refractivity contribution is 6.20. The third kappa shape index (κ3) is 4.78. The predicted molar refractivity (Wildman–Crippen MR) is 225 cm³/mol. The van der Waals surface area contributed by atoms with Gasteiger partial charge in [0.1, 0.15) is 5.82 Å². The second-order valence-electron chi connectivity index (χ2n) is 13.8. The molecule has 0 unspecified atom stereocenters. The van der Waals surface area contributed by atoms with E-state index in [1.165, 1.54) is 27.2 Å². The fourth-order valence-electron chi connectivity index (χ4n) is 8.18. The Balaban J connectivity index is 1.02. The Morgan fingerprint density at radius 1 is 0.296 bits per heavy atom. The van der Waals surface area contributed by atoms with Crippen LogP contribution in [0.4, 0.5) is 0 Å². The van der Waals surface area contributed by atoms with Crippen LogP contribution in [-0.4, -0.2) is 19.1 Å². The van der Waals surface area contributed by atoms with Gasteiger partial charge in [0.05, 0.1) is 33.3 Å². The number of para-hydroxylation sites is 6. The molecule has 54 heavy (non-hydrogen) atoms. The van der Waals surface area contributed by atoms with Gasteiger partial charge in [0.2, 0.25) is 0 Å². The third-order valence-electron chi connectivity index (χ3n) is 10.7. The normalized spacial score (nSPS) is 11.7. The Bertz CT molecular complexity index is 3170. The lowest BCUT2D eigenvalue weighted by Gasteiger charge is -2.13. The molecule has 4 nitrogen and oxygen atoms in total. The standard InChI is InChI=1S/C50H32N4/c1-3-13-37(14-4-1)53-46-21-11-8-18-40(46)42-31-43-41(32-48(42)53)39-17-7-9-19-44(39)51-49(43)35-27-23-33(24-28-35)34-25-29-36(30-26-34)50-52-45-20-10-12-22-47(45)54(50)38-15-5-2-6-16-38/h1-32H. The summed E-state index contributed by atoms with van der Waals surface area (Å²) in [6.45, 7) is 0. The molecular formula is C50H32N4. The van der Waals surface area contributed by atoms with Gasteiger partial charge in [0.15, 0.2) is 0 Å². The van der Waals surface area contributed by atoms with Gasteiger partial charge in [0.25, 0.3) is 0 Å². The third-order valence-corrected chi connectivity index (χ3v) is 10.7. The molecule has 252 valence electrons.